The average Bonchev–Trinajstić information content (AvgIpc) is 2.93. The molecule has 0 amide bonds. The number of rotatable bonds is 3. The van der Waals surface area contributed by atoms with Gasteiger partial charge in [0.25, 0.3) is 5.89 Å². The molecule has 0 aliphatic rings. The first-order valence-electron chi connectivity index (χ1n) is 6.59. The van der Waals surface area contributed by atoms with Crippen LogP contribution in [0.2, 0.25) is 0 Å². The highest BCUT2D eigenvalue weighted by Gasteiger charge is 2.10. The molecule has 0 aliphatic carbocycles. The minimum absolute atomic E-state index is 0.0399. The lowest BCUT2D eigenvalue weighted by Gasteiger charge is -1.99. The first-order valence-corrected chi connectivity index (χ1v) is 6.59. The number of aromatic hydroxyl groups is 1. The maximum absolute atomic E-state index is 9.42. The molecule has 2 aromatic carbocycles. The molecule has 0 radical (unpaired) electrons. The highest BCUT2D eigenvalue weighted by molar-refractivity contribution is 5.64. The van der Waals surface area contributed by atoms with Crippen LogP contribution in [-0.4, -0.2) is 15.2 Å². The van der Waals surface area contributed by atoms with Gasteiger partial charge in [0.15, 0.2) is 5.82 Å². The van der Waals surface area contributed by atoms with Crippen LogP contribution in [-0.2, 0) is 6.42 Å². The molecule has 3 rings (SSSR count). The maximum atomic E-state index is 9.42. The number of nitrogen functional groups attached to an aromatic ring is 1. The van der Waals surface area contributed by atoms with Crippen LogP contribution in [0, 0.1) is 6.92 Å². The van der Waals surface area contributed by atoms with Gasteiger partial charge in [0, 0.05) is 12.0 Å². The third-order valence-electron chi connectivity index (χ3n) is 3.23. The van der Waals surface area contributed by atoms with E-state index < -0.39 is 0 Å². The van der Waals surface area contributed by atoms with E-state index in [1.54, 1.807) is 12.1 Å². The molecular formula is C16H15N3O2. The van der Waals surface area contributed by atoms with E-state index >= 15 is 0 Å². The van der Waals surface area contributed by atoms with E-state index in [0.29, 0.717) is 23.7 Å². The molecule has 0 saturated heterocycles. The Hall–Kier alpha value is -2.82. The summed E-state index contributed by atoms with van der Waals surface area (Å²) in [5.74, 6) is 1.04. The summed E-state index contributed by atoms with van der Waals surface area (Å²) >= 11 is 0. The van der Waals surface area contributed by atoms with Crippen molar-refractivity contribution in [3.63, 3.8) is 0 Å². The first-order chi connectivity index (χ1) is 10.1. The van der Waals surface area contributed by atoms with E-state index in [1.165, 1.54) is 11.6 Å². The second-order valence-electron chi connectivity index (χ2n) is 4.95. The van der Waals surface area contributed by atoms with Gasteiger partial charge >= 0.3 is 0 Å². The van der Waals surface area contributed by atoms with Crippen LogP contribution in [0.1, 0.15) is 17.0 Å². The fourth-order valence-corrected chi connectivity index (χ4v) is 2.02. The normalized spacial score (nSPS) is 10.7. The molecule has 0 fully saturated rings. The number of anilines is 1. The van der Waals surface area contributed by atoms with Gasteiger partial charge in [-0.15, -0.1) is 0 Å². The van der Waals surface area contributed by atoms with Crippen LogP contribution >= 0.6 is 0 Å². The first kappa shape index (κ1) is 13.2. The number of phenolic OH excluding ortho intramolecular Hbond substituents is 1. The Morgan fingerprint density at radius 1 is 1.14 bits per heavy atom. The van der Waals surface area contributed by atoms with E-state index in [9.17, 15) is 5.11 Å². The Labute approximate surface area is 122 Å². The van der Waals surface area contributed by atoms with Crippen LogP contribution in [0.15, 0.2) is 47.0 Å². The van der Waals surface area contributed by atoms with Crippen LogP contribution in [0.25, 0.3) is 11.5 Å². The van der Waals surface area contributed by atoms with Crippen LogP contribution in [0.4, 0.5) is 5.69 Å². The summed E-state index contributed by atoms with van der Waals surface area (Å²) in [4.78, 5) is 4.35. The van der Waals surface area contributed by atoms with E-state index in [0.717, 1.165) is 5.56 Å². The van der Waals surface area contributed by atoms with Crippen molar-refractivity contribution in [2.45, 2.75) is 13.3 Å². The van der Waals surface area contributed by atoms with Crippen molar-refractivity contribution < 1.29 is 9.63 Å². The zero-order valence-electron chi connectivity index (χ0n) is 11.6. The third-order valence-corrected chi connectivity index (χ3v) is 3.23. The van der Waals surface area contributed by atoms with E-state index in [2.05, 4.69) is 22.3 Å². The molecule has 1 heterocycles. The van der Waals surface area contributed by atoms with Gasteiger partial charge in [-0.1, -0.05) is 35.0 Å². The Kier molecular flexibility index (Phi) is 3.31. The SMILES string of the molecule is Cc1ccc(Cc2noc(-c3ccc(O)c(N)c3)n2)cc1. The number of aryl methyl sites for hydroxylation is 1. The predicted octanol–water partition coefficient (Wildman–Crippen LogP) is 2.92. The molecular weight excluding hydrogens is 266 g/mol. The fraction of sp³-hybridized carbons (Fsp3) is 0.125. The minimum atomic E-state index is 0.0399. The van der Waals surface area contributed by atoms with Crippen LogP contribution < -0.4 is 5.73 Å². The summed E-state index contributed by atoms with van der Waals surface area (Å²) in [6.45, 7) is 2.05. The van der Waals surface area contributed by atoms with Crippen molar-refractivity contribution in [2.24, 2.45) is 0 Å². The van der Waals surface area contributed by atoms with Crippen LogP contribution in [0.3, 0.4) is 0 Å². The molecule has 5 heteroatoms. The summed E-state index contributed by atoms with van der Waals surface area (Å²) in [6.07, 6.45) is 0.608. The average molecular weight is 281 g/mol. The van der Waals surface area contributed by atoms with Gasteiger partial charge in [0.1, 0.15) is 5.75 Å². The number of benzene rings is 2. The lowest BCUT2D eigenvalue weighted by molar-refractivity contribution is 0.424. The zero-order chi connectivity index (χ0) is 14.8. The van der Waals surface area contributed by atoms with Gasteiger partial charge in [0.05, 0.1) is 5.69 Å². The van der Waals surface area contributed by atoms with Gasteiger partial charge in [-0.05, 0) is 30.7 Å². The lowest BCUT2D eigenvalue weighted by Crippen LogP contribution is -1.91. The number of hydrogen-bond donors (Lipinski definition) is 2. The van der Waals surface area contributed by atoms with Gasteiger partial charge in [-0.2, -0.15) is 4.98 Å². The highest BCUT2D eigenvalue weighted by Crippen LogP contribution is 2.26. The quantitative estimate of drug-likeness (QED) is 0.569. The van der Waals surface area contributed by atoms with Crippen molar-refractivity contribution in [3.05, 3.63) is 59.4 Å². The highest BCUT2D eigenvalue weighted by atomic mass is 16.5. The molecule has 0 aliphatic heterocycles. The van der Waals surface area contributed by atoms with Crippen molar-refractivity contribution in [1.82, 2.24) is 10.1 Å². The summed E-state index contributed by atoms with van der Waals surface area (Å²) in [5.41, 5.74) is 8.97. The van der Waals surface area contributed by atoms with Crippen molar-refractivity contribution in [1.29, 1.82) is 0 Å². The van der Waals surface area contributed by atoms with Gasteiger partial charge in [0.2, 0.25) is 0 Å². The van der Waals surface area contributed by atoms with Crippen molar-refractivity contribution in [3.8, 4) is 17.2 Å². The van der Waals surface area contributed by atoms with Crippen molar-refractivity contribution >= 4 is 5.69 Å². The summed E-state index contributed by atoms with van der Waals surface area (Å²) in [6, 6.07) is 13.0. The molecule has 0 saturated carbocycles. The van der Waals surface area contributed by atoms with Crippen molar-refractivity contribution in [2.75, 3.05) is 5.73 Å². The predicted molar refractivity (Wildman–Crippen MR) is 79.8 cm³/mol. The number of aromatic nitrogens is 2. The Bertz CT molecular complexity index is 763. The number of nitrogens with two attached hydrogens (primary N) is 1. The molecule has 3 N–H and O–H groups in total. The molecule has 0 bridgehead atoms. The second kappa shape index (κ2) is 5.28. The van der Waals surface area contributed by atoms with E-state index in [1.807, 2.05) is 19.1 Å². The standard InChI is InChI=1S/C16H15N3O2/c1-10-2-4-11(5-3-10)8-15-18-16(21-19-15)12-6-7-14(20)13(17)9-12/h2-7,9,20H,8,17H2,1H3. The third kappa shape index (κ3) is 2.86. The number of hydrogen-bond acceptors (Lipinski definition) is 5. The van der Waals surface area contributed by atoms with Gasteiger partial charge in [-0.3, -0.25) is 0 Å². The van der Waals surface area contributed by atoms with E-state index in [-0.39, 0.29) is 11.4 Å². The second-order valence-corrected chi connectivity index (χ2v) is 4.95. The minimum Gasteiger partial charge on any atom is -0.506 e. The molecule has 21 heavy (non-hydrogen) atoms. The lowest BCUT2D eigenvalue weighted by atomic mass is 10.1. The Morgan fingerprint density at radius 3 is 2.62 bits per heavy atom. The fourth-order valence-electron chi connectivity index (χ4n) is 2.02. The molecule has 5 nitrogen and oxygen atoms in total. The monoisotopic (exact) mass is 281 g/mol. The summed E-state index contributed by atoms with van der Waals surface area (Å²) in [7, 11) is 0. The largest absolute Gasteiger partial charge is 0.506 e. The smallest absolute Gasteiger partial charge is 0.258 e. The topological polar surface area (TPSA) is 85.2 Å². The van der Waals surface area contributed by atoms with Gasteiger partial charge in [-0.25, -0.2) is 0 Å². The number of nitrogens with zero attached hydrogens (tertiary/aromatic N) is 2. The molecule has 106 valence electrons. The molecule has 0 unspecified atom stereocenters. The van der Waals surface area contributed by atoms with Gasteiger partial charge < -0.3 is 15.4 Å². The van der Waals surface area contributed by atoms with E-state index in [4.69, 9.17) is 10.3 Å². The number of phenols is 1. The molecule has 0 atom stereocenters. The Balaban J connectivity index is 1.82. The van der Waals surface area contributed by atoms with Crippen LogP contribution in [0.5, 0.6) is 5.75 Å². The maximum Gasteiger partial charge on any atom is 0.258 e. The zero-order valence-corrected chi connectivity index (χ0v) is 11.6. The summed E-state index contributed by atoms with van der Waals surface area (Å²) in [5, 5.41) is 13.4. The molecule has 3 aromatic rings. The summed E-state index contributed by atoms with van der Waals surface area (Å²) < 4.78 is 5.24. The molecule has 1 aromatic heterocycles. The molecule has 0 spiro atoms. The Morgan fingerprint density at radius 2 is 1.90 bits per heavy atom.